The van der Waals surface area contributed by atoms with Crippen molar-refractivity contribution in [2.75, 3.05) is 5.32 Å². The molecular formula is C13H13BrN2O2S. The van der Waals surface area contributed by atoms with Crippen LogP contribution >= 0.6 is 27.3 Å². The molecule has 0 radical (unpaired) electrons. The minimum Gasteiger partial charge on any atom is -0.381 e. The third kappa shape index (κ3) is 3.33. The van der Waals surface area contributed by atoms with Gasteiger partial charge in [-0.05, 0) is 58.4 Å². The van der Waals surface area contributed by atoms with Gasteiger partial charge in [-0.2, -0.15) is 0 Å². The van der Waals surface area contributed by atoms with Gasteiger partial charge < -0.3 is 5.32 Å². The summed E-state index contributed by atoms with van der Waals surface area (Å²) in [6, 6.07) is 5.50. The molecule has 0 spiro atoms. The number of rotatable bonds is 4. The minimum atomic E-state index is -0.345. The van der Waals surface area contributed by atoms with Gasteiger partial charge in [-0.25, -0.2) is 0 Å². The van der Waals surface area contributed by atoms with Crippen molar-refractivity contribution in [1.29, 1.82) is 0 Å². The Morgan fingerprint density at radius 2 is 2.05 bits per heavy atom. The molecule has 2 aromatic rings. The van der Waals surface area contributed by atoms with E-state index in [9.17, 15) is 10.1 Å². The van der Waals surface area contributed by atoms with E-state index in [2.05, 4.69) is 32.7 Å². The second-order valence-corrected chi connectivity index (χ2v) is 6.61. The summed E-state index contributed by atoms with van der Waals surface area (Å²) in [5.41, 5.74) is 3.84. The summed E-state index contributed by atoms with van der Waals surface area (Å²) in [5, 5.41) is 16.2. The Kier molecular flexibility index (Phi) is 4.21. The maximum absolute atomic E-state index is 10.8. The standard InChI is InChI=1S/C13H13BrN2O2S/c1-8-4-12(16(17)18)9(2)3-11(8)15-6-10-5-13(14)19-7-10/h3-5,7,15H,6H2,1-2H3. The molecule has 0 aliphatic rings. The number of thiophene rings is 1. The van der Waals surface area contributed by atoms with E-state index in [0.717, 1.165) is 15.0 Å². The van der Waals surface area contributed by atoms with Crippen LogP contribution in [0, 0.1) is 24.0 Å². The molecule has 1 heterocycles. The molecule has 0 atom stereocenters. The smallest absolute Gasteiger partial charge is 0.272 e. The average Bonchev–Trinajstić information content (AvgIpc) is 2.75. The molecule has 100 valence electrons. The highest BCUT2D eigenvalue weighted by molar-refractivity contribution is 9.11. The number of aryl methyl sites for hydroxylation is 2. The van der Waals surface area contributed by atoms with Gasteiger partial charge in [-0.3, -0.25) is 10.1 Å². The van der Waals surface area contributed by atoms with Crippen LogP contribution in [0.15, 0.2) is 27.4 Å². The van der Waals surface area contributed by atoms with Crippen molar-refractivity contribution in [1.82, 2.24) is 0 Å². The molecule has 0 aliphatic carbocycles. The first-order chi connectivity index (χ1) is 8.97. The number of nitro groups is 1. The van der Waals surface area contributed by atoms with Gasteiger partial charge in [-0.15, -0.1) is 11.3 Å². The lowest BCUT2D eigenvalue weighted by Crippen LogP contribution is -2.02. The lowest BCUT2D eigenvalue weighted by atomic mass is 10.1. The number of benzene rings is 1. The molecule has 0 fully saturated rings. The summed E-state index contributed by atoms with van der Waals surface area (Å²) < 4.78 is 1.10. The third-order valence-corrected chi connectivity index (χ3v) is 4.40. The fraction of sp³-hybridized carbons (Fsp3) is 0.231. The normalized spacial score (nSPS) is 10.5. The molecule has 0 unspecified atom stereocenters. The molecule has 0 saturated carbocycles. The van der Waals surface area contributed by atoms with Gasteiger partial charge in [0.1, 0.15) is 0 Å². The first-order valence-electron chi connectivity index (χ1n) is 5.70. The van der Waals surface area contributed by atoms with Crippen LogP contribution in [0.4, 0.5) is 11.4 Å². The van der Waals surface area contributed by atoms with Crippen molar-refractivity contribution in [3.05, 3.63) is 54.2 Å². The first kappa shape index (κ1) is 14.0. The molecule has 1 aromatic heterocycles. The Balaban J connectivity index is 2.17. The van der Waals surface area contributed by atoms with Crippen molar-refractivity contribution < 1.29 is 4.92 Å². The van der Waals surface area contributed by atoms with Crippen molar-refractivity contribution in [3.8, 4) is 0 Å². The van der Waals surface area contributed by atoms with E-state index < -0.39 is 0 Å². The molecule has 0 aliphatic heterocycles. The summed E-state index contributed by atoms with van der Waals surface area (Å²) in [7, 11) is 0. The Hall–Kier alpha value is -1.40. The Morgan fingerprint density at radius 3 is 2.63 bits per heavy atom. The fourth-order valence-corrected chi connectivity index (χ4v) is 3.03. The molecule has 19 heavy (non-hydrogen) atoms. The van der Waals surface area contributed by atoms with Crippen LogP contribution in [0.5, 0.6) is 0 Å². The van der Waals surface area contributed by atoms with Gasteiger partial charge >= 0.3 is 0 Å². The highest BCUT2D eigenvalue weighted by Crippen LogP contribution is 2.27. The predicted molar refractivity (Wildman–Crippen MR) is 81.9 cm³/mol. The van der Waals surface area contributed by atoms with E-state index in [4.69, 9.17) is 0 Å². The van der Waals surface area contributed by atoms with Gasteiger partial charge in [0.05, 0.1) is 8.71 Å². The first-order valence-corrected chi connectivity index (χ1v) is 7.37. The lowest BCUT2D eigenvalue weighted by Gasteiger charge is -2.10. The average molecular weight is 341 g/mol. The second-order valence-electron chi connectivity index (χ2n) is 4.32. The van der Waals surface area contributed by atoms with E-state index in [0.29, 0.717) is 12.1 Å². The van der Waals surface area contributed by atoms with E-state index in [1.165, 1.54) is 5.56 Å². The Bertz CT molecular complexity index is 625. The summed E-state index contributed by atoms with van der Waals surface area (Å²) in [5.74, 6) is 0. The van der Waals surface area contributed by atoms with E-state index in [-0.39, 0.29) is 10.6 Å². The fourth-order valence-electron chi connectivity index (χ4n) is 1.82. The number of halogens is 1. The lowest BCUT2D eigenvalue weighted by molar-refractivity contribution is -0.385. The monoisotopic (exact) mass is 340 g/mol. The summed E-state index contributed by atoms with van der Waals surface area (Å²) in [4.78, 5) is 10.5. The number of nitrogens with zero attached hydrogens (tertiary/aromatic N) is 1. The molecule has 0 saturated heterocycles. The van der Waals surface area contributed by atoms with Gasteiger partial charge in [0, 0.05) is 23.9 Å². The highest BCUT2D eigenvalue weighted by Gasteiger charge is 2.13. The molecule has 1 N–H and O–H groups in total. The SMILES string of the molecule is Cc1cc([N+](=O)[O-])c(C)cc1NCc1csc(Br)c1. The number of hydrogen-bond acceptors (Lipinski definition) is 4. The summed E-state index contributed by atoms with van der Waals surface area (Å²) >= 11 is 5.07. The topological polar surface area (TPSA) is 55.2 Å². The molecule has 0 bridgehead atoms. The molecule has 0 amide bonds. The minimum absolute atomic E-state index is 0.168. The van der Waals surface area contributed by atoms with Crippen LogP contribution in [0.25, 0.3) is 0 Å². The Morgan fingerprint density at radius 1 is 1.32 bits per heavy atom. The third-order valence-electron chi connectivity index (χ3n) is 2.84. The largest absolute Gasteiger partial charge is 0.381 e. The van der Waals surface area contributed by atoms with Crippen molar-refractivity contribution in [2.45, 2.75) is 20.4 Å². The van der Waals surface area contributed by atoms with Crippen LogP contribution in [-0.4, -0.2) is 4.92 Å². The van der Waals surface area contributed by atoms with Crippen LogP contribution in [0.3, 0.4) is 0 Å². The molecular weight excluding hydrogens is 328 g/mol. The predicted octanol–water partition coefficient (Wildman–Crippen LogP) is 4.65. The number of nitrogens with one attached hydrogen (secondary N) is 1. The van der Waals surface area contributed by atoms with E-state index >= 15 is 0 Å². The van der Waals surface area contributed by atoms with Gasteiger partial charge in [-0.1, -0.05) is 0 Å². The van der Waals surface area contributed by atoms with Crippen LogP contribution in [-0.2, 0) is 6.54 Å². The van der Waals surface area contributed by atoms with Crippen LogP contribution < -0.4 is 5.32 Å². The van der Waals surface area contributed by atoms with E-state index in [1.54, 1.807) is 24.3 Å². The quantitative estimate of drug-likeness (QED) is 0.651. The zero-order valence-corrected chi connectivity index (χ0v) is 13.0. The number of hydrogen-bond donors (Lipinski definition) is 1. The summed E-state index contributed by atoms with van der Waals surface area (Å²) in [6.07, 6.45) is 0. The van der Waals surface area contributed by atoms with Crippen molar-refractivity contribution in [2.24, 2.45) is 0 Å². The van der Waals surface area contributed by atoms with Gasteiger partial charge in [0.2, 0.25) is 0 Å². The van der Waals surface area contributed by atoms with Gasteiger partial charge in [0.25, 0.3) is 5.69 Å². The molecule has 6 heteroatoms. The second kappa shape index (κ2) is 5.71. The molecule has 1 aromatic carbocycles. The molecule has 4 nitrogen and oxygen atoms in total. The number of nitro benzene ring substituents is 1. The maximum atomic E-state index is 10.8. The van der Waals surface area contributed by atoms with Crippen LogP contribution in [0.1, 0.15) is 16.7 Å². The van der Waals surface area contributed by atoms with Gasteiger partial charge in [0.15, 0.2) is 0 Å². The number of anilines is 1. The molecule has 2 rings (SSSR count). The maximum Gasteiger partial charge on any atom is 0.272 e. The zero-order valence-electron chi connectivity index (χ0n) is 10.6. The summed E-state index contributed by atoms with van der Waals surface area (Å²) in [6.45, 7) is 4.34. The van der Waals surface area contributed by atoms with Crippen molar-refractivity contribution >= 4 is 38.6 Å². The Labute approximate surface area is 123 Å². The van der Waals surface area contributed by atoms with E-state index in [1.807, 2.05) is 13.0 Å². The van der Waals surface area contributed by atoms with Crippen LogP contribution in [0.2, 0.25) is 0 Å². The highest BCUT2D eigenvalue weighted by atomic mass is 79.9. The van der Waals surface area contributed by atoms with Crippen molar-refractivity contribution in [3.63, 3.8) is 0 Å². The zero-order chi connectivity index (χ0) is 14.0.